The first kappa shape index (κ1) is 14.6. The summed E-state index contributed by atoms with van der Waals surface area (Å²) < 4.78 is 0. The van der Waals surface area contributed by atoms with Gasteiger partial charge in [-0.25, -0.2) is 0 Å². The summed E-state index contributed by atoms with van der Waals surface area (Å²) in [5.74, 6) is 0. The van der Waals surface area contributed by atoms with Crippen LogP contribution in [-0.4, -0.2) is 23.6 Å². The maximum atomic E-state index is 10.5. The normalized spacial score (nSPS) is 11.5. The van der Waals surface area contributed by atoms with E-state index in [0.717, 1.165) is 25.2 Å². The van der Waals surface area contributed by atoms with E-state index in [0.29, 0.717) is 0 Å². The van der Waals surface area contributed by atoms with Gasteiger partial charge in [0.15, 0.2) is 0 Å². The quantitative estimate of drug-likeness (QED) is 0.461. The van der Waals surface area contributed by atoms with Gasteiger partial charge in [-0.3, -0.25) is 10.1 Å². The summed E-state index contributed by atoms with van der Waals surface area (Å²) in [6.07, 6.45) is 0. The second kappa shape index (κ2) is 6.47. The summed E-state index contributed by atoms with van der Waals surface area (Å²) >= 11 is 0. The van der Waals surface area contributed by atoms with E-state index in [1.54, 1.807) is 12.1 Å². The molecule has 5 heteroatoms. The molecule has 0 aromatic heterocycles. The van der Waals surface area contributed by atoms with E-state index < -0.39 is 0 Å². The molecule has 5 nitrogen and oxygen atoms in total. The van der Waals surface area contributed by atoms with Crippen LogP contribution in [0.2, 0.25) is 0 Å². The lowest BCUT2D eigenvalue weighted by Gasteiger charge is -2.20. The minimum absolute atomic E-state index is 0.133. The molecule has 0 bridgehead atoms. The highest BCUT2D eigenvalue weighted by molar-refractivity contribution is 5.32. The number of hydrogen-bond acceptors (Lipinski definition) is 4. The number of non-ortho nitro benzene ring substituents is 1. The molecule has 1 aromatic carbocycles. The predicted octanol–water partition coefficient (Wildman–Crippen LogP) is 2.07. The molecule has 0 aliphatic heterocycles. The van der Waals surface area contributed by atoms with Crippen molar-refractivity contribution in [2.75, 3.05) is 13.1 Å². The molecular weight excluding hydrogens is 230 g/mol. The number of rotatable bonds is 6. The number of benzene rings is 1. The van der Waals surface area contributed by atoms with E-state index >= 15 is 0 Å². The zero-order valence-electron chi connectivity index (χ0n) is 11.2. The monoisotopic (exact) mass is 251 g/mol. The molecule has 0 radical (unpaired) electrons. The minimum Gasteiger partial charge on any atom is -0.311 e. The van der Waals surface area contributed by atoms with Crippen molar-refractivity contribution in [3.05, 3.63) is 39.9 Å². The lowest BCUT2D eigenvalue weighted by Crippen LogP contribution is -2.40. The van der Waals surface area contributed by atoms with Crippen LogP contribution < -0.4 is 10.6 Å². The third-order valence-corrected chi connectivity index (χ3v) is 2.43. The molecule has 0 saturated carbocycles. The van der Waals surface area contributed by atoms with Crippen LogP contribution in [0.5, 0.6) is 0 Å². The fraction of sp³-hybridized carbons (Fsp3) is 0.538. The standard InChI is InChI=1S/C13H21N3O2/c1-13(2,3)15-9-8-14-10-11-4-6-12(7-5-11)16(17)18/h4-7,14-15H,8-10H2,1-3H3. The average molecular weight is 251 g/mol. The van der Waals surface area contributed by atoms with Crippen molar-refractivity contribution in [1.82, 2.24) is 10.6 Å². The molecule has 18 heavy (non-hydrogen) atoms. The molecule has 0 spiro atoms. The second-order valence-electron chi connectivity index (χ2n) is 5.28. The Labute approximate surface area is 108 Å². The fourth-order valence-electron chi connectivity index (χ4n) is 1.49. The number of nitrogens with one attached hydrogen (secondary N) is 2. The Hall–Kier alpha value is -1.46. The molecular formula is C13H21N3O2. The largest absolute Gasteiger partial charge is 0.311 e. The van der Waals surface area contributed by atoms with Crippen molar-refractivity contribution in [2.24, 2.45) is 0 Å². The summed E-state index contributed by atoms with van der Waals surface area (Å²) in [7, 11) is 0. The number of nitro benzene ring substituents is 1. The first-order chi connectivity index (χ1) is 8.38. The molecule has 2 N–H and O–H groups in total. The van der Waals surface area contributed by atoms with E-state index in [4.69, 9.17) is 0 Å². The van der Waals surface area contributed by atoms with Gasteiger partial charge >= 0.3 is 0 Å². The zero-order valence-corrected chi connectivity index (χ0v) is 11.2. The van der Waals surface area contributed by atoms with Crippen molar-refractivity contribution in [3.8, 4) is 0 Å². The molecule has 0 aliphatic rings. The zero-order chi connectivity index (χ0) is 13.6. The molecule has 0 atom stereocenters. The highest BCUT2D eigenvalue weighted by Crippen LogP contribution is 2.11. The van der Waals surface area contributed by atoms with Gasteiger partial charge in [-0.2, -0.15) is 0 Å². The molecule has 0 aliphatic carbocycles. The average Bonchev–Trinajstić information content (AvgIpc) is 2.27. The third-order valence-electron chi connectivity index (χ3n) is 2.43. The maximum absolute atomic E-state index is 10.5. The van der Waals surface area contributed by atoms with Crippen molar-refractivity contribution in [3.63, 3.8) is 0 Å². The van der Waals surface area contributed by atoms with Crippen molar-refractivity contribution in [1.29, 1.82) is 0 Å². The smallest absolute Gasteiger partial charge is 0.269 e. The van der Waals surface area contributed by atoms with Crippen LogP contribution in [0.1, 0.15) is 26.3 Å². The molecule has 0 unspecified atom stereocenters. The first-order valence-electron chi connectivity index (χ1n) is 6.07. The Morgan fingerprint density at radius 1 is 1.17 bits per heavy atom. The molecule has 0 fully saturated rings. The molecule has 1 rings (SSSR count). The Morgan fingerprint density at radius 2 is 1.78 bits per heavy atom. The Morgan fingerprint density at radius 3 is 2.28 bits per heavy atom. The number of nitrogens with zero attached hydrogens (tertiary/aromatic N) is 1. The van der Waals surface area contributed by atoms with Crippen LogP contribution in [0, 0.1) is 10.1 Å². The summed E-state index contributed by atoms with van der Waals surface area (Å²) in [6.45, 7) is 8.88. The van der Waals surface area contributed by atoms with Gasteiger partial charge in [-0.15, -0.1) is 0 Å². The highest BCUT2D eigenvalue weighted by atomic mass is 16.6. The molecule has 0 saturated heterocycles. The van der Waals surface area contributed by atoms with Gasteiger partial charge in [0.1, 0.15) is 0 Å². The molecule has 100 valence electrons. The number of nitro groups is 1. The van der Waals surface area contributed by atoms with Crippen LogP contribution in [0.3, 0.4) is 0 Å². The Bertz CT molecular complexity index is 382. The van der Waals surface area contributed by atoms with Gasteiger partial charge in [0.05, 0.1) is 4.92 Å². The summed E-state index contributed by atoms with van der Waals surface area (Å²) in [4.78, 5) is 10.1. The van der Waals surface area contributed by atoms with Crippen molar-refractivity contribution >= 4 is 5.69 Å². The van der Waals surface area contributed by atoms with Crippen LogP contribution in [0.15, 0.2) is 24.3 Å². The molecule has 0 amide bonds. The van der Waals surface area contributed by atoms with Gasteiger partial charge in [0, 0.05) is 37.3 Å². The third kappa shape index (κ3) is 5.75. The van der Waals surface area contributed by atoms with Gasteiger partial charge in [0.25, 0.3) is 5.69 Å². The lowest BCUT2D eigenvalue weighted by molar-refractivity contribution is -0.384. The van der Waals surface area contributed by atoms with Gasteiger partial charge in [-0.1, -0.05) is 12.1 Å². The summed E-state index contributed by atoms with van der Waals surface area (Å²) in [5, 5.41) is 17.2. The van der Waals surface area contributed by atoms with Crippen LogP contribution in [0.4, 0.5) is 5.69 Å². The van der Waals surface area contributed by atoms with Gasteiger partial charge < -0.3 is 10.6 Å². The predicted molar refractivity (Wildman–Crippen MR) is 72.6 cm³/mol. The lowest BCUT2D eigenvalue weighted by atomic mass is 10.1. The van der Waals surface area contributed by atoms with Crippen molar-refractivity contribution < 1.29 is 4.92 Å². The van der Waals surface area contributed by atoms with E-state index in [1.807, 2.05) is 0 Å². The van der Waals surface area contributed by atoms with E-state index in [-0.39, 0.29) is 16.1 Å². The van der Waals surface area contributed by atoms with E-state index in [9.17, 15) is 10.1 Å². The summed E-state index contributed by atoms with van der Waals surface area (Å²) in [5.41, 5.74) is 1.32. The molecule has 1 aromatic rings. The highest BCUT2D eigenvalue weighted by Gasteiger charge is 2.07. The van der Waals surface area contributed by atoms with E-state index in [2.05, 4.69) is 31.4 Å². The number of hydrogen-bond donors (Lipinski definition) is 2. The van der Waals surface area contributed by atoms with Crippen LogP contribution in [-0.2, 0) is 6.54 Å². The molecule has 0 heterocycles. The van der Waals surface area contributed by atoms with Crippen LogP contribution in [0.25, 0.3) is 0 Å². The SMILES string of the molecule is CC(C)(C)NCCNCc1ccc([N+](=O)[O-])cc1. The Kier molecular flexibility index (Phi) is 5.25. The Balaban J connectivity index is 2.25. The van der Waals surface area contributed by atoms with Gasteiger partial charge in [-0.05, 0) is 26.3 Å². The van der Waals surface area contributed by atoms with Crippen molar-refractivity contribution in [2.45, 2.75) is 32.9 Å². The summed E-state index contributed by atoms with van der Waals surface area (Å²) in [6, 6.07) is 6.62. The maximum Gasteiger partial charge on any atom is 0.269 e. The topological polar surface area (TPSA) is 67.2 Å². The minimum atomic E-state index is -0.384. The van der Waals surface area contributed by atoms with E-state index in [1.165, 1.54) is 12.1 Å². The first-order valence-corrected chi connectivity index (χ1v) is 6.07. The fourth-order valence-corrected chi connectivity index (χ4v) is 1.49. The van der Waals surface area contributed by atoms with Crippen LogP contribution >= 0.6 is 0 Å². The van der Waals surface area contributed by atoms with Gasteiger partial charge in [0.2, 0.25) is 0 Å². The second-order valence-corrected chi connectivity index (χ2v) is 5.28.